The molecular formula is C17H15ClF3N3O4. The molecule has 1 amide bonds. The number of carbonyl (C=O) groups excluding carboxylic acids is 2. The molecule has 1 aromatic heterocycles. The van der Waals surface area contributed by atoms with Gasteiger partial charge >= 0.3 is 12.1 Å². The van der Waals surface area contributed by atoms with E-state index in [1.54, 1.807) is 0 Å². The highest BCUT2D eigenvalue weighted by molar-refractivity contribution is 6.31. The second-order valence-corrected chi connectivity index (χ2v) is 6.00. The second-order valence-electron chi connectivity index (χ2n) is 5.60. The Hall–Kier alpha value is -2.88. The molecule has 0 aliphatic rings. The summed E-state index contributed by atoms with van der Waals surface area (Å²) in [5.74, 6) is -1.81. The van der Waals surface area contributed by atoms with Crippen molar-refractivity contribution in [2.45, 2.75) is 26.1 Å². The fraction of sp³-hybridized carbons (Fsp3) is 0.294. The van der Waals surface area contributed by atoms with E-state index in [2.05, 4.69) is 10.4 Å². The van der Waals surface area contributed by atoms with Gasteiger partial charge in [0.1, 0.15) is 0 Å². The zero-order valence-electron chi connectivity index (χ0n) is 14.5. The summed E-state index contributed by atoms with van der Waals surface area (Å²) >= 11 is 5.50. The maximum absolute atomic E-state index is 12.8. The number of carbonyl (C=O) groups is 2. The van der Waals surface area contributed by atoms with E-state index in [9.17, 15) is 27.6 Å². The topological polar surface area (TPSA) is 90.3 Å². The third-order valence-electron chi connectivity index (χ3n) is 3.40. The molecule has 1 aromatic carbocycles. The van der Waals surface area contributed by atoms with Gasteiger partial charge in [-0.05, 0) is 30.7 Å². The van der Waals surface area contributed by atoms with Crippen molar-refractivity contribution in [2.75, 3.05) is 11.9 Å². The lowest BCUT2D eigenvalue weighted by Gasteiger charge is -2.12. The number of esters is 1. The number of aromatic nitrogens is 2. The van der Waals surface area contributed by atoms with Crippen molar-refractivity contribution in [3.63, 3.8) is 0 Å². The molecule has 0 unspecified atom stereocenters. The Kier molecular flexibility index (Phi) is 6.79. The Morgan fingerprint density at radius 3 is 2.61 bits per heavy atom. The maximum Gasteiger partial charge on any atom is 0.417 e. The van der Waals surface area contributed by atoms with Crippen molar-refractivity contribution in [1.82, 2.24) is 9.78 Å². The lowest BCUT2D eigenvalue weighted by atomic mass is 10.2. The first-order valence-corrected chi connectivity index (χ1v) is 8.41. The van der Waals surface area contributed by atoms with Crippen molar-refractivity contribution in [1.29, 1.82) is 0 Å². The standard InChI is InChI=1S/C17H15ClF3N3O4/c1-2-7-24-15(26)6-5-13(23-24)16(27)28-9-14(25)22-10-3-4-12(18)11(8-10)17(19,20)21/h3-6,8H,2,7,9H2,1H3,(H,22,25). The van der Waals surface area contributed by atoms with E-state index in [-0.39, 0.29) is 16.9 Å². The van der Waals surface area contributed by atoms with E-state index in [0.29, 0.717) is 19.0 Å². The number of amides is 1. The highest BCUT2D eigenvalue weighted by atomic mass is 35.5. The molecule has 1 N–H and O–H groups in total. The molecule has 7 nitrogen and oxygen atoms in total. The smallest absolute Gasteiger partial charge is 0.417 e. The molecule has 0 saturated heterocycles. The molecule has 0 aliphatic heterocycles. The van der Waals surface area contributed by atoms with Crippen LogP contribution < -0.4 is 10.9 Å². The van der Waals surface area contributed by atoms with Gasteiger partial charge in [-0.15, -0.1) is 0 Å². The highest BCUT2D eigenvalue weighted by Gasteiger charge is 2.33. The number of nitrogens with zero attached hydrogens (tertiary/aromatic N) is 2. The van der Waals surface area contributed by atoms with Gasteiger partial charge in [0.2, 0.25) is 0 Å². The van der Waals surface area contributed by atoms with Crippen LogP contribution in [0.25, 0.3) is 0 Å². The van der Waals surface area contributed by atoms with Crippen LogP contribution in [0.3, 0.4) is 0 Å². The van der Waals surface area contributed by atoms with Crippen LogP contribution in [0.1, 0.15) is 29.4 Å². The minimum atomic E-state index is -4.68. The van der Waals surface area contributed by atoms with Crippen LogP contribution in [0.5, 0.6) is 0 Å². The largest absolute Gasteiger partial charge is 0.451 e. The third-order valence-corrected chi connectivity index (χ3v) is 3.73. The molecule has 0 bridgehead atoms. The number of alkyl halides is 3. The Labute approximate surface area is 162 Å². The number of anilines is 1. The van der Waals surface area contributed by atoms with Gasteiger partial charge in [0, 0.05) is 18.3 Å². The highest BCUT2D eigenvalue weighted by Crippen LogP contribution is 2.36. The van der Waals surface area contributed by atoms with Gasteiger partial charge in [-0.1, -0.05) is 18.5 Å². The van der Waals surface area contributed by atoms with E-state index >= 15 is 0 Å². The van der Waals surface area contributed by atoms with Crippen molar-refractivity contribution in [3.8, 4) is 0 Å². The van der Waals surface area contributed by atoms with E-state index in [4.69, 9.17) is 16.3 Å². The number of hydrogen-bond acceptors (Lipinski definition) is 5. The number of halogens is 4. The molecule has 0 spiro atoms. The molecule has 0 radical (unpaired) electrons. The fourth-order valence-corrected chi connectivity index (χ4v) is 2.38. The van der Waals surface area contributed by atoms with Crippen molar-refractivity contribution >= 4 is 29.2 Å². The minimum absolute atomic E-state index is 0.160. The Morgan fingerprint density at radius 2 is 1.96 bits per heavy atom. The Balaban J connectivity index is 2.00. The van der Waals surface area contributed by atoms with Crippen LogP contribution in [0.4, 0.5) is 18.9 Å². The molecule has 0 fully saturated rings. The predicted octanol–water partition coefficient (Wildman–Crippen LogP) is 3.12. The van der Waals surface area contributed by atoms with E-state index in [1.165, 1.54) is 6.07 Å². The van der Waals surface area contributed by atoms with Crippen LogP contribution in [0.2, 0.25) is 5.02 Å². The summed E-state index contributed by atoms with van der Waals surface area (Å²) in [6.45, 7) is 1.38. The molecule has 0 saturated carbocycles. The average Bonchev–Trinajstić information content (AvgIpc) is 2.62. The lowest BCUT2D eigenvalue weighted by molar-refractivity contribution is -0.137. The summed E-state index contributed by atoms with van der Waals surface area (Å²) in [6.07, 6.45) is -4.06. The number of hydrogen-bond donors (Lipinski definition) is 1. The first-order chi connectivity index (χ1) is 13.1. The summed E-state index contributed by atoms with van der Waals surface area (Å²) in [6, 6.07) is 5.14. The molecule has 28 heavy (non-hydrogen) atoms. The SMILES string of the molecule is CCCn1nc(C(=O)OCC(=O)Nc2ccc(Cl)c(C(F)(F)F)c2)ccc1=O. The number of nitrogens with one attached hydrogen (secondary N) is 1. The molecular weight excluding hydrogens is 403 g/mol. The molecule has 2 aromatic rings. The molecule has 0 atom stereocenters. The summed E-state index contributed by atoms with van der Waals surface area (Å²) in [7, 11) is 0. The van der Waals surface area contributed by atoms with Gasteiger partial charge in [-0.2, -0.15) is 18.3 Å². The predicted molar refractivity (Wildman–Crippen MR) is 94.2 cm³/mol. The minimum Gasteiger partial charge on any atom is -0.451 e. The maximum atomic E-state index is 12.8. The van der Waals surface area contributed by atoms with Crippen molar-refractivity contribution in [3.05, 3.63) is 57.0 Å². The van der Waals surface area contributed by atoms with Crippen molar-refractivity contribution < 1.29 is 27.5 Å². The molecule has 0 aliphatic carbocycles. The van der Waals surface area contributed by atoms with Gasteiger partial charge in [0.05, 0.1) is 10.6 Å². The van der Waals surface area contributed by atoms with Crippen LogP contribution in [0, 0.1) is 0 Å². The van der Waals surface area contributed by atoms with Crippen LogP contribution in [-0.2, 0) is 22.3 Å². The van der Waals surface area contributed by atoms with Gasteiger partial charge in [-0.3, -0.25) is 9.59 Å². The summed E-state index contributed by atoms with van der Waals surface area (Å²) in [5, 5.41) is 5.50. The molecule has 2 rings (SSSR count). The number of rotatable bonds is 6. The Bertz CT molecular complexity index is 944. The quantitative estimate of drug-likeness (QED) is 0.729. The second kappa shape index (κ2) is 8.87. The first-order valence-electron chi connectivity index (χ1n) is 8.03. The van der Waals surface area contributed by atoms with Crippen LogP contribution in [-0.4, -0.2) is 28.3 Å². The first kappa shape index (κ1) is 21.4. The number of aryl methyl sites for hydroxylation is 1. The monoisotopic (exact) mass is 417 g/mol. The average molecular weight is 418 g/mol. The third kappa shape index (κ3) is 5.56. The number of ether oxygens (including phenoxy) is 1. The fourth-order valence-electron chi connectivity index (χ4n) is 2.15. The zero-order valence-corrected chi connectivity index (χ0v) is 15.3. The van der Waals surface area contributed by atoms with Gasteiger partial charge in [-0.25, -0.2) is 9.48 Å². The summed E-state index contributed by atoms with van der Waals surface area (Å²) < 4.78 is 44.3. The molecule has 11 heteroatoms. The zero-order chi connectivity index (χ0) is 20.9. The Morgan fingerprint density at radius 1 is 1.25 bits per heavy atom. The van der Waals surface area contributed by atoms with Gasteiger partial charge in [0.15, 0.2) is 12.3 Å². The van der Waals surface area contributed by atoms with Gasteiger partial charge < -0.3 is 10.1 Å². The number of benzene rings is 1. The van der Waals surface area contributed by atoms with Gasteiger partial charge in [0.25, 0.3) is 11.5 Å². The molecule has 150 valence electrons. The lowest BCUT2D eigenvalue weighted by Crippen LogP contribution is -2.26. The summed E-state index contributed by atoms with van der Waals surface area (Å²) in [4.78, 5) is 35.4. The summed E-state index contributed by atoms with van der Waals surface area (Å²) in [5.41, 5.74) is -1.83. The van der Waals surface area contributed by atoms with Crippen molar-refractivity contribution in [2.24, 2.45) is 0 Å². The van der Waals surface area contributed by atoms with E-state index in [0.717, 1.165) is 22.9 Å². The van der Waals surface area contributed by atoms with E-state index < -0.39 is 35.2 Å². The van der Waals surface area contributed by atoms with E-state index in [1.807, 2.05) is 6.92 Å². The molecule has 1 heterocycles. The normalized spacial score (nSPS) is 11.2. The van der Waals surface area contributed by atoms with Crippen LogP contribution in [0.15, 0.2) is 35.1 Å². The van der Waals surface area contributed by atoms with Crippen LogP contribution >= 0.6 is 11.6 Å².